The quantitative estimate of drug-likeness (QED) is 0.367. The van der Waals surface area contributed by atoms with Gasteiger partial charge in [0.15, 0.2) is 5.58 Å². The van der Waals surface area contributed by atoms with Crippen molar-refractivity contribution in [3.63, 3.8) is 0 Å². The first-order valence-corrected chi connectivity index (χ1v) is 11.8. The van der Waals surface area contributed by atoms with Crippen LogP contribution in [0.1, 0.15) is 15.4 Å². The zero-order valence-corrected chi connectivity index (χ0v) is 20.4. The van der Waals surface area contributed by atoms with Gasteiger partial charge in [-0.25, -0.2) is 9.48 Å². The predicted molar refractivity (Wildman–Crippen MR) is 136 cm³/mol. The molecule has 1 N–H and O–H groups in total. The summed E-state index contributed by atoms with van der Waals surface area (Å²) in [4.78, 5) is 28.8. The number of carbonyl (C=O) groups is 1. The molecule has 8 nitrogen and oxygen atoms in total. The average molecular weight is 496 g/mol. The van der Waals surface area contributed by atoms with Crippen molar-refractivity contribution in [3.8, 4) is 5.69 Å². The van der Waals surface area contributed by atoms with Gasteiger partial charge in [0, 0.05) is 29.2 Å². The molecule has 0 bridgehead atoms. The number of aryl methyl sites for hydroxylation is 1. The van der Waals surface area contributed by atoms with Crippen molar-refractivity contribution in [2.45, 2.75) is 13.5 Å². The Hall–Kier alpha value is -3.40. The molecule has 5 rings (SSSR count). The molecule has 34 heavy (non-hydrogen) atoms. The van der Waals surface area contributed by atoms with Crippen molar-refractivity contribution in [3.05, 3.63) is 74.7 Å². The topological polar surface area (TPSA) is 85.3 Å². The van der Waals surface area contributed by atoms with Crippen LogP contribution in [0.25, 0.3) is 27.0 Å². The first-order valence-electron chi connectivity index (χ1n) is 10.6. The molecule has 2 aromatic carbocycles. The number of likely N-dealkylation sites (N-methyl/N-ethyl adjacent to an activating group) is 1. The summed E-state index contributed by atoms with van der Waals surface area (Å²) in [7, 11) is 3.88. The van der Waals surface area contributed by atoms with E-state index >= 15 is 0 Å². The summed E-state index contributed by atoms with van der Waals surface area (Å²) in [6.07, 6.45) is 0. The normalized spacial score (nSPS) is 11.7. The summed E-state index contributed by atoms with van der Waals surface area (Å²) in [6, 6.07) is 14.5. The number of hydrogen-bond acceptors (Lipinski definition) is 6. The summed E-state index contributed by atoms with van der Waals surface area (Å²) >= 11 is 7.52. The van der Waals surface area contributed by atoms with Gasteiger partial charge in [-0.1, -0.05) is 17.7 Å². The number of carbonyl (C=O) groups excluding carboxylic acids is 1. The maximum atomic E-state index is 13.1. The Balaban J connectivity index is 1.45. The summed E-state index contributed by atoms with van der Waals surface area (Å²) in [6.45, 7) is 3.10. The molecule has 0 fully saturated rings. The van der Waals surface area contributed by atoms with Crippen LogP contribution in [0.3, 0.4) is 0 Å². The Kier molecular flexibility index (Phi) is 5.76. The van der Waals surface area contributed by atoms with Gasteiger partial charge in [-0.15, -0.1) is 11.3 Å². The van der Waals surface area contributed by atoms with E-state index in [0.717, 1.165) is 21.6 Å². The highest BCUT2D eigenvalue weighted by molar-refractivity contribution is 7.20. The number of amides is 1. The fourth-order valence-electron chi connectivity index (χ4n) is 3.79. The largest absolute Gasteiger partial charge is 0.419 e. The maximum absolute atomic E-state index is 13.1. The van der Waals surface area contributed by atoms with Crippen molar-refractivity contribution in [2.75, 3.05) is 26.0 Å². The molecule has 0 atom stereocenters. The van der Waals surface area contributed by atoms with Crippen LogP contribution < -0.4 is 11.1 Å². The Labute approximate surface area is 204 Å². The van der Waals surface area contributed by atoms with Crippen molar-refractivity contribution < 1.29 is 9.21 Å². The Morgan fingerprint density at radius 3 is 2.79 bits per heavy atom. The van der Waals surface area contributed by atoms with Crippen LogP contribution in [0.2, 0.25) is 5.02 Å². The molecule has 0 saturated carbocycles. The lowest BCUT2D eigenvalue weighted by atomic mass is 10.2. The fourth-order valence-corrected chi connectivity index (χ4v) is 5.05. The lowest BCUT2D eigenvalue weighted by molar-refractivity contribution is 0.103. The number of anilines is 1. The molecule has 1 amide bonds. The number of oxazole rings is 1. The average Bonchev–Trinajstić information content (AvgIpc) is 3.45. The third-order valence-electron chi connectivity index (χ3n) is 5.52. The summed E-state index contributed by atoms with van der Waals surface area (Å²) in [5.41, 5.74) is 3.38. The SMILES string of the molecule is Cc1nn(-c2cccc(Cl)c2)c2sc(C(=O)Nc3ccc4oc(=O)n(CCN(C)C)c4c3)cc12. The van der Waals surface area contributed by atoms with Crippen molar-refractivity contribution >= 4 is 55.8 Å². The zero-order valence-electron chi connectivity index (χ0n) is 18.8. The van der Waals surface area contributed by atoms with Crippen LogP contribution in [-0.4, -0.2) is 45.8 Å². The monoisotopic (exact) mass is 495 g/mol. The Morgan fingerprint density at radius 1 is 1.21 bits per heavy atom. The molecule has 0 saturated heterocycles. The highest BCUT2D eigenvalue weighted by atomic mass is 35.5. The first-order chi connectivity index (χ1) is 16.3. The van der Waals surface area contributed by atoms with E-state index in [1.807, 2.05) is 56.3 Å². The fraction of sp³-hybridized carbons (Fsp3) is 0.208. The van der Waals surface area contributed by atoms with Gasteiger partial charge >= 0.3 is 5.76 Å². The first kappa shape index (κ1) is 22.4. The van der Waals surface area contributed by atoms with E-state index in [-0.39, 0.29) is 5.91 Å². The van der Waals surface area contributed by atoms with Crippen LogP contribution in [0.4, 0.5) is 5.69 Å². The third kappa shape index (κ3) is 4.13. The summed E-state index contributed by atoms with van der Waals surface area (Å²) in [5, 5.41) is 9.09. The van der Waals surface area contributed by atoms with E-state index in [4.69, 9.17) is 16.0 Å². The number of thiophene rings is 1. The molecule has 0 aliphatic rings. The molecule has 0 spiro atoms. The lowest BCUT2D eigenvalue weighted by Crippen LogP contribution is -2.23. The van der Waals surface area contributed by atoms with Crippen LogP contribution >= 0.6 is 22.9 Å². The second-order valence-electron chi connectivity index (χ2n) is 8.27. The van der Waals surface area contributed by atoms with Gasteiger partial charge in [0.2, 0.25) is 0 Å². The molecule has 174 valence electrons. The number of benzene rings is 2. The molecule has 3 heterocycles. The Morgan fingerprint density at radius 2 is 2.03 bits per heavy atom. The van der Waals surface area contributed by atoms with Gasteiger partial charge in [0.05, 0.1) is 21.8 Å². The number of halogens is 1. The number of fused-ring (bicyclic) bond motifs is 2. The zero-order chi connectivity index (χ0) is 24.0. The molecular formula is C24H22ClN5O3S. The number of nitrogens with one attached hydrogen (secondary N) is 1. The smallest absolute Gasteiger partial charge is 0.408 e. The van der Waals surface area contributed by atoms with Gasteiger partial charge in [0.25, 0.3) is 5.91 Å². The highest BCUT2D eigenvalue weighted by Crippen LogP contribution is 2.31. The van der Waals surface area contributed by atoms with Gasteiger partial charge in [-0.3, -0.25) is 9.36 Å². The number of hydrogen-bond donors (Lipinski definition) is 1. The second-order valence-corrected chi connectivity index (χ2v) is 9.73. The molecule has 0 radical (unpaired) electrons. The predicted octanol–water partition coefficient (Wildman–Crippen LogP) is 4.77. The maximum Gasteiger partial charge on any atom is 0.419 e. The minimum absolute atomic E-state index is 0.233. The minimum atomic E-state index is -0.411. The van der Waals surface area contributed by atoms with Crippen molar-refractivity contribution in [1.29, 1.82) is 0 Å². The van der Waals surface area contributed by atoms with Crippen LogP contribution in [-0.2, 0) is 6.54 Å². The molecule has 10 heteroatoms. The highest BCUT2D eigenvalue weighted by Gasteiger charge is 2.18. The van der Waals surface area contributed by atoms with E-state index < -0.39 is 5.76 Å². The minimum Gasteiger partial charge on any atom is -0.408 e. The van der Waals surface area contributed by atoms with E-state index in [9.17, 15) is 9.59 Å². The van der Waals surface area contributed by atoms with Crippen molar-refractivity contribution in [1.82, 2.24) is 19.2 Å². The van der Waals surface area contributed by atoms with Gasteiger partial charge in [-0.2, -0.15) is 5.10 Å². The standard InChI is InChI=1S/C24H22ClN5O3S/c1-14-18-13-21(34-23(18)30(27-14)17-6-4-5-15(25)11-17)22(31)26-16-7-8-20-19(12-16)29(24(32)33-20)10-9-28(2)3/h4-8,11-13H,9-10H2,1-3H3,(H,26,31). The van der Waals surface area contributed by atoms with Gasteiger partial charge < -0.3 is 14.6 Å². The molecular weight excluding hydrogens is 474 g/mol. The summed E-state index contributed by atoms with van der Waals surface area (Å²) < 4.78 is 8.72. The van der Waals surface area contributed by atoms with Crippen molar-refractivity contribution in [2.24, 2.45) is 0 Å². The molecule has 0 unspecified atom stereocenters. The van der Waals surface area contributed by atoms with Gasteiger partial charge in [0.1, 0.15) is 4.83 Å². The lowest BCUT2D eigenvalue weighted by Gasteiger charge is -2.09. The van der Waals surface area contributed by atoms with Crippen LogP contribution in [0.5, 0.6) is 0 Å². The van der Waals surface area contributed by atoms with E-state index in [0.29, 0.717) is 39.8 Å². The van der Waals surface area contributed by atoms with E-state index in [2.05, 4.69) is 10.4 Å². The number of rotatable bonds is 6. The molecule has 5 aromatic rings. The second kappa shape index (κ2) is 8.75. The molecule has 0 aliphatic heterocycles. The van der Waals surface area contributed by atoms with Crippen LogP contribution in [0.15, 0.2) is 57.7 Å². The summed E-state index contributed by atoms with van der Waals surface area (Å²) in [5.74, 6) is -0.644. The van der Waals surface area contributed by atoms with E-state index in [1.54, 1.807) is 27.4 Å². The third-order valence-corrected chi connectivity index (χ3v) is 6.86. The number of nitrogens with zero attached hydrogens (tertiary/aromatic N) is 4. The molecule has 0 aliphatic carbocycles. The molecule has 3 aromatic heterocycles. The van der Waals surface area contributed by atoms with Crippen LogP contribution in [0, 0.1) is 6.92 Å². The number of aromatic nitrogens is 3. The Bertz CT molecular complexity index is 1590. The van der Waals surface area contributed by atoms with E-state index in [1.165, 1.54) is 11.3 Å². The van der Waals surface area contributed by atoms with Gasteiger partial charge in [-0.05, 0) is 63.5 Å².